The van der Waals surface area contributed by atoms with E-state index in [0.717, 1.165) is 17.0 Å². The molecule has 9 heteroatoms. The van der Waals surface area contributed by atoms with Crippen molar-refractivity contribution in [2.24, 2.45) is 0 Å². The number of nitrogens with zero attached hydrogens (tertiary/aromatic N) is 1. The van der Waals surface area contributed by atoms with Crippen LogP contribution in [0.2, 0.25) is 0 Å². The topological polar surface area (TPSA) is 108 Å². The summed E-state index contributed by atoms with van der Waals surface area (Å²) in [5.74, 6) is -1.93. The zero-order valence-electron chi connectivity index (χ0n) is 15.1. The van der Waals surface area contributed by atoms with E-state index in [1.54, 1.807) is 13.8 Å². The fraction of sp³-hybridized carbons (Fsp3) is 0.333. The molecule has 0 saturated carbocycles. The van der Waals surface area contributed by atoms with Crippen LogP contribution in [0.25, 0.3) is 0 Å². The summed E-state index contributed by atoms with van der Waals surface area (Å²) in [6.45, 7) is 6.62. The van der Waals surface area contributed by atoms with Gasteiger partial charge in [0.05, 0.1) is 5.69 Å². The van der Waals surface area contributed by atoms with Crippen LogP contribution in [0, 0.1) is 5.82 Å². The van der Waals surface area contributed by atoms with E-state index < -0.39 is 23.3 Å². The molecule has 1 saturated heterocycles. The lowest BCUT2D eigenvalue weighted by molar-refractivity contribution is -0.130. The zero-order chi connectivity index (χ0) is 20.2. The van der Waals surface area contributed by atoms with Crippen molar-refractivity contribution in [2.75, 3.05) is 17.2 Å². The van der Waals surface area contributed by atoms with E-state index in [-0.39, 0.29) is 36.9 Å². The molecule has 3 N–H and O–H groups in total. The summed E-state index contributed by atoms with van der Waals surface area (Å²) in [5.41, 5.74) is -0.726. The normalized spacial score (nSPS) is 15.3. The van der Waals surface area contributed by atoms with Gasteiger partial charge in [-0.25, -0.2) is 9.18 Å². The molecular weight excluding hydrogens is 355 g/mol. The van der Waals surface area contributed by atoms with E-state index in [9.17, 15) is 23.6 Å². The molecule has 144 valence electrons. The predicted octanol–water partition coefficient (Wildman–Crippen LogP) is 2.00. The number of hydrogen-bond donors (Lipinski definition) is 3. The monoisotopic (exact) mass is 376 g/mol. The Morgan fingerprint density at radius 2 is 2.00 bits per heavy atom. The number of carbonyl (C=O) groups is 4. The number of nitrogens with one attached hydrogen (secondary N) is 3. The summed E-state index contributed by atoms with van der Waals surface area (Å²) in [4.78, 5) is 48.2. The highest BCUT2D eigenvalue weighted by atomic mass is 19.1. The van der Waals surface area contributed by atoms with Crippen LogP contribution in [-0.4, -0.2) is 40.7 Å². The van der Waals surface area contributed by atoms with E-state index >= 15 is 0 Å². The first-order valence-electron chi connectivity index (χ1n) is 8.31. The molecular formula is C18H21FN4O4. The van der Waals surface area contributed by atoms with Gasteiger partial charge in [0, 0.05) is 18.7 Å². The van der Waals surface area contributed by atoms with Gasteiger partial charge in [-0.05, 0) is 44.5 Å². The van der Waals surface area contributed by atoms with Crippen LogP contribution in [0.5, 0.6) is 0 Å². The summed E-state index contributed by atoms with van der Waals surface area (Å²) >= 11 is 0. The minimum absolute atomic E-state index is 0.0587. The molecule has 0 radical (unpaired) electrons. The first kappa shape index (κ1) is 20.1. The molecule has 1 heterocycles. The SMILES string of the molecule is C=CC(=O)Nc1cc(NC(=O)CCCN2C(=O)NC(C)(C)C2=O)ccc1F. The molecule has 1 fully saturated rings. The van der Waals surface area contributed by atoms with Gasteiger partial charge in [-0.3, -0.25) is 19.3 Å². The number of amides is 5. The van der Waals surface area contributed by atoms with Crippen molar-refractivity contribution >= 4 is 35.1 Å². The largest absolute Gasteiger partial charge is 0.326 e. The van der Waals surface area contributed by atoms with Gasteiger partial charge in [-0.1, -0.05) is 6.58 Å². The Kier molecular flexibility index (Phi) is 5.94. The van der Waals surface area contributed by atoms with Crippen LogP contribution < -0.4 is 16.0 Å². The van der Waals surface area contributed by atoms with E-state index in [2.05, 4.69) is 22.5 Å². The predicted molar refractivity (Wildman–Crippen MR) is 97.4 cm³/mol. The Morgan fingerprint density at radius 1 is 1.30 bits per heavy atom. The second-order valence-electron chi connectivity index (χ2n) is 6.55. The molecule has 1 aromatic carbocycles. The summed E-state index contributed by atoms with van der Waals surface area (Å²) in [7, 11) is 0. The van der Waals surface area contributed by atoms with Crippen molar-refractivity contribution in [1.82, 2.24) is 10.2 Å². The molecule has 1 aromatic rings. The Balaban J connectivity index is 1.88. The van der Waals surface area contributed by atoms with Gasteiger partial charge >= 0.3 is 6.03 Å². The zero-order valence-corrected chi connectivity index (χ0v) is 15.1. The van der Waals surface area contributed by atoms with Crippen molar-refractivity contribution in [3.05, 3.63) is 36.7 Å². The van der Waals surface area contributed by atoms with Crippen LogP contribution in [0.3, 0.4) is 0 Å². The lowest BCUT2D eigenvalue weighted by Gasteiger charge is -2.15. The molecule has 27 heavy (non-hydrogen) atoms. The molecule has 0 bridgehead atoms. The number of benzene rings is 1. The third-order valence-corrected chi connectivity index (χ3v) is 3.92. The number of imide groups is 1. The second-order valence-corrected chi connectivity index (χ2v) is 6.55. The smallest absolute Gasteiger partial charge is 0.325 e. The standard InChI is InChI=1S/C18H21FN4O4/c1-4-14(24)21-13-10-11(7-8-12(13)19)20-15(25)6-5-9-23-16(26)18(2,3)22-17(23)27/h4,7-8,10H,1,5-6,9H2,2-3H3,(H,20,25)(H,21,24)(H,22,27). The number of anilines is 2. The van der Waals surface area contributed by atoms with E-state index in [1.807, 2.05) is 0 Å². The maximum atomic E-state index is 13.7. The van der Waals surface area contributed by atoms with Crippen molar-refractivity contribution in [1.29, 1.82) is 0 Å². The molecule has 8 nitrogen and oxygen atoms in total. The molecule has 1 aliphatic heterocycles. The van der Waals surface area contributed by atoms with Gasteiger partial charge in [0.15, 0.2) is 0 Å². The van der Waals surface area contributed by atoms with Crippen molar-refractivity contribution in [2.45, 2.75) is 32.2 Å². The fourth-order valence-corrected chi connectivity index (χ4v) is 2.52. The lowest BCUT2D eigenvalue weighted by Crippen LogP contribution is -2.40. The summed E-state index contributed by atoms with van der Waals surface area (Å²) < 4.78 is 13.7. The molecule has 5 amide bonds. The first-order valence-corrected chi connectivity index (χ1v) is 8.31. The maximum Gasteiger partial charge on any atom is 0.325 e. The molecule has 0 aliphatic carbocycles. The molecule has 0 atom stereocenters. The van der Waals surface area contributed by atoms with E-state index in [1.165, 1.54) is 12.1 Å². The van der Waals surface area contributed by atoms with Gasteiger partial charge in [0.2, 0.25) is 11.8 Å². The minimum atomic E-state index is -0.945. The molecule has 0 unspecified atom stereocenters. The first-order chi connectivity index (χ1) is 12.6. The number of halogens is 1. The summed E-state index contributed by atoms with van der Waals surface area (Å²) in [6, 6.07) is 3.28. The van der Waals surface area contributed by atoms with Gasteiger partial charge < -0.3 is 16.0 Å². The van der Waals surface area contributed by atoms with Crippen molar-refractivity contribution in [3.8, 4) is 0 Å². The second kappa shape index (κ2) is 7.98. The summed E-state index contributed by atoms with van der Waals surface area (Å²) in [6.07, 6.45) is 1.34. The number of hydrogen-bond acceptors (Lipinski definition) is 4. The molecule has 1 aliphatic rings. The third-order valence-electron chi connectivity index (χ3n) is 3.92. The van der Waals surface area contributed by atoms with E-state index in [4.69, 9.17) is 0 Å². The maximum absolute atomic E-state index is 13.7. The number of carbonyl (C=O) groups excluding carboxylic acids is 4. The van der Waals surface area contributed by atoms with Crippen LogP contribution in [0.15, 0.2) is 30.9 Å². The Morgan fingerprint density at radius 3 is 2.59 bits per heavy atom. The van der Waals surface area contributed by atoms with Gasteiger partial charge in [-0.2, -0.15) is 0 Å². The Labute approximate surface area is 155 Å². The lowest BCUT2D eigenvalue weighted by atomic mass is 10.1. The van der Waals surface area contributed by atoms with Crippen LogP contribution >= 0.6 is 0 Å². The number of urea groups is 1. The van der Waals surface area contributed by atoms with Crippen molar-refractivity contribution in [3.63, 3.8) is 0 Å². The summed E-state index contributed by atoms with van der Waals surface area (Å²) in [5, 5.41) is 7.44. The molecule has 0 spiro atoms. The highest BCUT2D eigenvalue weighted by molar-refractivity contribution is 6.06. The van der Waals surface area contributed by atoms with Crippen molar-refractivity contribution < 1.29 is 23.6 Å². The third kappa shape index (κ3) is 4.90. The Bertz CT molecular complexity index is 807. The number of rotatable bonds is 7. The molecule has 0 aromatic heterocycles. The van der Waals surface area contributed by atoms with Gasteiger partial charge in [-0.15, -0.1) is 0 Å². The van der Waals surface area contributed by atoms with Crippen LogP contribution in [-0.2, 0) is 14.4 Å². The quantitative estimate of drug-likeness (QED) is 0.500. The fourth-order valence-electron chi connectivity index (χ4n) is 2.52. The van der Waals surface area contributed by atoms with Crippen LogP contribution in [0.4, 0.5) is 20.6 Å². The highest BCUT2D eigenvalue weighted by Gasteiger charge is 2.43. The molecule has 2 rings (SSSR count). The van der Waals surface area contributed by atoms with Gasteiger partial charge in [0.1, 0.15) is 11.4 Å². The van der Waals surface area contributed by atoms with Gasteiger partial charge in [0.25, 0.3) is 5.91 Å². The average Bonchev–Trinajstić information content (AvgIpc) is 2.79. The van der Waals surface area contributed by atoms with Crippen LogP contribution in [0.1, 0.15) is 26.7 Å². The highest BCUT2D eigenvalue weighted by Crippen LogP contribution is 2.20. The minimum Gasteiger partial charge on any atom is -0.326 e. The average molecular weight is 376 g/mol. The Hall–Kier alpha value is -3.23. The van der Waals surface area contributed by atoms with E-state index in [0.29, 0.717) is 5.69 Å².